The number of aryl methyl sites for hydroxylation is 1. The first-order valence-corrected chi connectivity index (χ1v) is 6.43. The normalized spacial score (nSPS) is 15.4. The van der Waals surface area contributed by atoms with Crippen LogP contribution in [-0.4, -0.2) is 26.2 Å². The summed E-state index contributed by atoms with van der Waals surface area (Å²) in [5, 5.41) is 4.31. The second-order valence-electron chi connectivity index (χ2n) is 4.50. The van der Waals surface area contributed by atoms with E-state index in [2.05, 4.69) is 15.1 Å². The lowest BCUT2D eigenvalue weighted by atomic mass is 10.1. The number of aromatic nitrogens is 4. The fraction of sp³-hybridized carbons (Fsp3) is 0.583. The van der Waals surface area contributed by atoms with E-state index in [0.29, 0.717) is 18.4 Å². The molecular formula is C12H16N4O2. The number of ether oxygens (including phenoxy) is 1. The van der Waals surface area contributed by atoms with Crippen molar-refractivity contribution in [1.82, 2.24) is 19.6 Å². The van der Waals surface area contributed by atoms with Crippen LogP contribution in [0.3, 0.4) is 0 Å². The van der Waals surface area contributed by atoms with Crippen LogP contribution in [-0.2, 0) is 12.8 Å². The van der Waals surface area contributed by atoms with Gasteiger partial charge in [-0.05, 0) is 32.6 Å². The predicted molar refractivity (Wildman–Crippen MR) is 66.0 cm³/mol. The zero-order valence-corrected chi connectivity index (χ0v) is 10.4. The summed E-state index contributed by atoms with van der Waals surface area (Å²) in [5.74, 6) is 0.476. The lowest BCUT2D eigenvalue weighted by Gasteiger charge is -2.05. The highest BCUT2D eigenvalue weighted by Crippen LogP contribution is 2.18. The van der Waals surface area contributed by atoms with E-state index in [9.17, 15) is 4.79 Å². The van der Waals surface area contributed by atoms with Gasteiger partial charge in [0.25, 0.3) is 5.56 Å². The molecule has 0 atom stereocenters. The van der Waals surface area contributed by atoms with E-state index < -0.39 is 0 Å². The number of aromatic amines is 1. The molecule has 0 saturated carbocycles. The number of nitrogens with zero attached hydrogens (tertiary/aromatic N) is 3. The SMILES string of the molecule is CCOc1nc2[nH]c(=O)c3c(n2n1)CCCCC3. The van der Waals surface area contributed by atoms with Crippen molar-refractivity contribution >= 4 is 5.78 Å². The molecule has 0 unspecified atom stereocenters. The van der Waals surface area contributed by atoms with Crippen LogP contribution >= 0.6 is 0 Å². The maximum Gasteiger partial charge on any atom is 0.337 e. The van der Waals surface area contributed by atoms with E-state index in [1.165, 1.54) is 0 Å². The topological polar surface area (TPSA) is 72.3 Å². The smallest absolute Gasteiger partial charge is 0.337 e. The lowest BCUT2D eigenvalue weighted by molar-refractivity contribution is 0.313. The van der Waals surface area contributed by atoms with Crippen molar-refractivity contribution in [2.75, 3.05) is 6.61 Å². The molecule has 0 aliphatic heterocycles. The zero-order valence-electron chi connectivity index (χ0n) is 10.4. The molecule has 1 aliphatic rings. The fourth-order valence-electron chi connectivity index (χ4n) is 2.47. The Bertz CT molecular complexity index is 629. The van der Waals surface area contributed by atoms with Gasteiger partial charge in [0.1, 0.15) is 0 Å². The number of fused-ring (bicyclic) bond motifs is 3. The molecule has 3 rings (SSSR count). The first kappa shape index (κ1) is 11.3. The number of nitrogens with one attached hydrogen (secondary N) is 1. The van der Waals surface area contributed by atoms with Crippen LogP contribution in [0.15, 0.2) is 4.79 Å². The molecule has 6 nitrogen and oxygen atoms in total. The summed E-state index contributed by atoms with van der Waals surface area (Å²) in [4.78, 5) is 19.0. The third-order valence-electron chi connectivity index (χ3n) is 3.30. The average Bonchev–Trinajstić information content (AvgIpc) is 2.61. The first-order valence-electron chi connectivity index (χ1n) is 6.43. The molecule has 0 aromatic carbocycles. The highest BCUT2D eigenvalue weighted by atomic mass is 16.5. The Balaban J connectivity index is 2.21. The Hall–Kier alpha value is -1.85. The Labute approximate surface area is 104 Å². The monoisotopic (exact) mass is 248 g/mol. The molecular weight excluding hydrogens is 232 g/mol. The van der Waals surface area contributed by atoms with E-state index in [-0.39, 0.29) is 5.56 Å². The molecule has 0 spiro atoms. The molecule has 0 fully saturated rings. The average molecular weight is 248 g/mol. The molecule has 2 aromatic rings. The maximum atomic E-state index is 12.0. The minimum atomic E-state index is -0.0325. The lowest BCUT2D eigenvalue weighted by Crippen LogP contribution is -2.19. The molecule has 2 aromatic heterocycles. The molecule has 1 aliphatic carbocycles. The van der Waals surface area contributed by atoms with Gasteiger partial charge in [-0.2, -0.15) is 9.50 Å². The van der Waals surface area contributed by atoms with E-state index in [1.54, 1.807) is 4.52 Å². The minimum absolute atomic E-state index is 0.0325. The molecule has 0 amide bonds. The summed E-state index contributed by atoms with van der Waals surface area (Å²) in [6.07, 6.45) is 5.02. The van der Waals surface area contributed by atoms with E-state index in [0.717, 1.165) is 43.4 Å². The van der Waals surface area contributed by atoms with Gasteiger partial charge < -0.3 is 4.74 Å². The molecule has 6 heteroatoms. The summed E-state index contributed by atoms with van der Waals surface area (Å²) in [5.41, 5.74) is 1.81. The second-order valence-corrected chi connectivity index (χ2v) is 4.50. The highest BCUT2D eigenvalue weighted by molar-refractivity contribution is 5.34. The zero-order chi connectivity index (χ0) is 12.5. The number of hydrogen-bond acceptors (Lipinski definition) is 4. The summed E-state index contributed by atoms with van der Waals surface area (Å²) >= 11 is 0. The van der Waals surface area contributed by atoms with Gasteiger partial charge in [0.15, 0.2) is 0 Å². The number of H-pyrrole nitrogens is 1. The molecule has 0 bridgehead atoms. The first-order chi connectivity index (χ1) is 8.79. The van der Waals surface area contributed by atoms with Crippen LogP contribution < -0.4 is 10.3 Å². The summed E-state index contributed by atoms with van der Waals surface area (Å²) in [6.45, 7) is 2.40. The van der Waals surface area contributed by atoms with Crippen molar-refractivity contribution in [2.24, 2.45) is 0 Å². The quantitative estimate of drug-likeness (QED) is 0.807. The van der Waals surface area contributed by atoms with Crippen LogP contribution in [0.5, 0.6) is 6.01 Å². The molecule has 0 saturated heterocycles. The third kappa shape index (κ3) is 1.77. The maximum absolute atomic E-state index is 12.0. The summed E-state index contributed by atoms with van der Waals surface area (Å²) in [6, 6.07) is 0.325. The van der Waals surface area contributed by atoms with Gasteiger partial charge in [0, 0.05) is 5.56 Å². The summed E-state index contributed by atoms with van der Waals surface area (Å²) in [7, 11) is 0. The fourth-order valence-corrected chi connectivity index (χ4v) is 2.47. The van der Waals surface area contributed by atoms with Gasteiger partial charge in [-0.3, -0.25) is 9.78 Å². The van der Waals surface area contributed by atoms with Gasteiger partial charge in [-0.25, -0.2) is 0 Å². The van der Waals surface area contributed by atoms with Crippen LogP contribution in [0, 0.1) is 0 Å². The van der Waals surface area contributed by atoms with Crippen molar-refractivity contribution in [3.8, 4) is 6.01 Å². The molecule has 2 heterocycles. The van der Waals surface area contributed by atoms with Gasteiger partial charge in [0.05, 0.1) is 12.3 Å². The van der Waals surface area contributed by atoms with Crippen molar-refractivity contribution in [3.63, 3.8) is 0 Å². The Kier molecular flexibility index (Phi) is 2.77. The van der Waals surface area contributed by atoms with Gasteiger partial charge >= 0.3 is 6.01 Å². The Morgan fingerprint density at radius 1 is 1.33 bits per heavy atom. The second kappa shape index (κ2) is 4.44. The number of hydrogen-bond donors (Lipinski definition) is 1. The number of rotatable bonds is 2. The van der Waals surface area contributed by atoms with Crippen LogP contribution in [0.2, 0.25) is 0 Å². The van der Waals surface area contributed by atoms with Crippen molar-refractivity contribution < 1.29 is 4.74 Å². The van der Waals surface area contributed by atoms with E-state index in [4.69, 9.17) is 4.74 Å². The Morgan fingerprint density at radius 2 is 2.17 bits per heavy atom. The van der Waals surface area contributed by atoms with Crippen LogP contribution in [0.25, 0.3) is 5.78 Å². The van der Waals surface area contributed by atoms with Crippen LogP contribution in [0.4, 0.5) is 0 Å². The van der Waals surface area contributed by atoms with Crippen LogP contribution in [0.1, 0.15) is 37.4 Å². The van der Waals surface area contributed by atoms with Crippen molar-refractivity contribution in [2.45, 2.75) is 39.0 Å². The Morgan fingerprint density at radius 3 is 3.00 bits per heavy atom. The van der Waals surface area contributed by atoms with Gasteiger partial charge in [-0.1, -0.05) is 6.42 Å². The molecule has 0 radical (unpaired) electrons. The van der Waals surface area contributed by atoms with Gasteiger partial charge in [0.2, 0.25) is 5.78 Å². The standard InChI is InChI=1S/C12H16N4O2/c1-2-18-12-14-11-13-10(17)8-6-4-3-5-7-9(8)16(11)15-12/h2-7H2,1H3,(H,13,14,15,17). The molecule has 1 N–H and O–H groups in total. The molecule has 96 valence electrons. The summed E-state index contributed by atoms with van der Waals surface area (Å²) < 4.78 is 7.02. The largest absolute Gasteiger partial charge is 0.463 e. The highest BCUT2D eigenvalue weighted by Gasteiger charge is 2.18. The predicted octanol–water partition coefficient (Wildman–Crippen LogP) is 1.09. The van der Waals surface area contributed by atoms with E-state index >= 15 is 0 Å². The van der Waals surface area contributed by atoms with E-state index in [1.807, 2.05) is 6.92 Å². The molecule has 18 heavy (non-hydrogen) atoms. The third-order valence-corrected chi connectivity index (χ3v) is 3.30. The van der Waals surface area contributed by atoms with Crippen molar-refractivity contribution in [1.29, 1.82) is 0 Å². The van der Waals surface area contributed by atoms with Gasteiger partial charge in [-0.15, -0.1) is 5.10 Å². The van der Waals surface area contributed by atoms with Crippen molar-refractivity contribution in [3.05, 3.63) is 21.6 Å². The minimum Gasteiger partial charge on any atom is -0.463 e.